The SMILES string of the molecule is N#Cc1ccc(-n2ncc(C(N)=O)c2C(F)(F)F)cc1. The zero-order valence-electron chi connectivity index (χ0n) is 9.85. The number of nitriles is 1. The van der Waals surface area contributed by atoms with Crippen molar-refractivity contribution in [1.82, 2.24) is 9.78 Å². The maximum atomic E-state index is 13.0. The van der Waals surface area contributed by atoms with Crippen LogP contribution in [0.1, 0.15) is 21.6 Å². The van der Waals surface area contributed by atoms with E-state index in [-0.39, 0.29) is 5.69 Å². The zero-order chi connectivity index (χ0) is 14.9. The van der Waals surface area contributed by atoms with Crippen molar-refractivity contribution in [3.63, 3.8) is 0 Å². The molecule has 0 unspecified atom stereocenters. The third-order valence-electron chi connectivity index (χ3n) is 2.54. The Hall–Kier alpha value is -2.82. The van der Waals surface area contributed by atoms with Crippen LogP contribution in [0.25, 0.3) is 5.69 Å². The van der Waals surface area contributed by atoms with Gasteiger partial charge in [0, 0.05) is 0 Å². The number of nitrogens with zero attached hydrogens (tertiary/aromatic N) is 3. The van der Waals surface area contributed by atoms with Gasteiger partial charge in [0.15, 0.2) is 5.69 Å². The highest BCUT2D eigenvalue weighted by molar-refractivity contribution is 5.94. The number of aromatic nitrogens is 2. The van der Waals surface area contributed by atoms with Crippen molar-refractivity contribution in [2.75, 3.05) is 0 Å². The van der Waals surface area contributed by atoms with E-state index < -0.39 is 23.3 Å². The highest BCUT2D eigenvalue weighted by Crippen LogP contribution is 2.33. The van der Waals surface area contributed by atoms with E-state index in [0.29, 0.717) is 10.2 Å². The van der Waals surface area contributed by atoms with E-state index in [9.17, 15) is 18.0 Å². The molecule has 1 aromatic carbocycles. The fourth-order valence-electron chi connectivity index (χ4n) is 1.67. The van der Waals surface area contributed by atoms with E-state index in [1.807, 2.05) is 6.07 Å². The van der Waals surface area contributed by atoms with Crippen LogP contribution < -0.4 is 5.73 Å². The molecule has 5 nitrogen and oxygen atoms in total. The van der Waals surface area contributed by atoms with Crippen molar-refractivity contribution in [2.24, 2.45) is 5.73 Å². The normalized spacial score (nSPS) is 11.1. The second-order valence-corrected chi connectivity index (χ2v) is 3.84. The molecule has 2 N–H and O–H groups in total. The van der Waals surface area contributed by atoms with Crippen LogP contribution in [0.2, 0.25) is 0 Å². The number of benzene rings is 1. The Labute approximate surface area is 111 Å². The van der Waals surface area contributed by atoms with Gasteiger partial charge < -0.3 is 5.73 Å². The summed E-state index contributed by atoms with van der Waals surface area (Å²) in [5.74, 6) is -1.21. The summed E-state index contributed by atoms with van der Waals surface area (Å²) in [4.78, 5) is 11.0. The third kappa shape index (κ3) is 2.33. The molecular formula is C12H7F3N4O. The molecule has 2 rings (SSSR count). The van der Waals surface area contributed by atoms with Crippen molar-refractivity contribution in [2.45, 2.75) is 6.18 Å². The lowest BCUT2D eigenvalue weighted by Crippen LogP contribution is -2.20. The monoisotopic (exact) mass is 280 g/mol. The van der Waals surface area contributed by atoms with Crippen molar-refractivity contribution < 1.29 is 18.0 Å². The number of amides is 1. The maximum absolute atomic E-state index is 13.0. The van der Waals surface area contributed by atoms with E-state index in [0.717, 1.165) is 6.20 Å². The molecule has 0 aliphatic carbocycles. The summed E-state index contributed by atoms with van der Waals surface area (Å²) in [6.07, 6.45) is -4.02. The number of primary amides is 1. The molecular weight excluding hydrogens is 273 g/mol. The Morgan fingerprint density at radius 2 is 1.90 bits per heavy atom. The Morgan fingerprint density at radius 3 is 2.35 bits per heavy atom. The van der Waals surface area contributed by atoms with Crippen LogP contribution in [0.15, 0.2) is 30.5 Å². The highest BCUT2D eigenvalue weighted by Gasteiger charge is 2.40. The van der Waals surface area contributed by atoms with E-state index in [2.05, 4.69) is 5.10 Å². The molecule has 0 bridgehead atoms. The molecule has 0 aliphatic rings. The van der Waals surface area contributed by atoms with Crippen LogP contribution in [-0.2, 0) is 6.18 Å². The zero-order valence-corrected chi connectivity index (χ0v) is 9.85. The van der Waals surface area contributed by atoms with Gasteiger partial charge in [0.05, 0.1) is 29.1 Å². The summed E-state index contributed by atoms with van der Waals surface area (Å²) in [5, 5.41) is 12.2. The van der Waals surface area contributed by atoms with Crippen LogP contribution in [0.4, 0.5) is 13.2 Å². The molecule has 0 atom stereocenters. The molecule has 2 aromatic rings. The number of alkyl halides is 3. The lowest BCUT2D eigenvalue weighted by Gasteiger charge is -2.11. The van der Waals surface area contributed by atoms with Gasteiger partial charge in [-0.2, -0.15) is 23.5 Å². The molecule has 102 valence electrons. The number of hydrogen-bond donors (Lipinski definition) is 1. The standard InChI is InChI=1S/C12H7F3N4O/c13-12(14,15)10-9(11(17)20)6-18-19(10)8-3-1-7(5-16)2-4-8/h1-4,6H,(H2,17,20). The van der Waals surface area contributed by atoms with Gasteiger partial charge in [0.25, 0.3) is 5.91 Å². The molecule has 0 saturated heterocycles. The number of carbonyl (C=O) groups excluding carboxylic acids is 1. The van der Waals surface area contributed by atoms with Crippen molar-refractivity contribution >= 4 is 5.91 Å². The van der Waals surface area contributed by atoms with Gasteiger partial charge in [-0.05, 0) is 24.3 Å². The van der Waals surface area contributed by atoms with Gasteiger partial charge in [0.1, 0.15) is 0 Å². The van der Waals surface area contributed by atoms with Crippen molar-refractivity contribution in [3.05, 3.63) is 47.3 Å². The molecule has 0 saturated carbocycles. The van der Waals surface area contributed by atoms with Gasteiger partial charge in [-0.25, -0.2) is 4.68 Å². The summed E-state index contributed by atoms with van der Waals surface area (Å²) < 4.78 is 39.6. The lowest BCUT2D eigenvalue weighted by molar-refractivity contribution is -0.143. The minimum atomic E-state index is -4.78. The fraction of sp³-hybridized carbons (Fsp3) is 0.0833. The molecule has 0 fully saturated rings. The first kappa shape index (κ1) is 13.6. The Bertz CT molecular complexity index is 695. The average Bonchev–Trinajstić information content (AvgIpc) is 2.83. The minimum Gasteiger partial charge on any atom is -0.365 e. The lowest BCUT2D eigenvalue weighted by atomic mass is 10.2. The fourth-order valence-corrected chi connectivity index (χ4v) is 1.67. The van der Waals surface area contributed by atoms with Crippen LogP contribution >= 0.6 is 0 Å². The van der Waals surface area contributed by atoms with Gasteiger partial charge in [-0.15, -0.1) is 0 Å². The number of rotatable bonds is 2. The summed E-state index contributed by atoms with van der Waals surface area (Å²) in [5.41, 5.74) is 3.33. The minimum absolute atomic E-state index is 0.0730. The maximum Gasteiger partial charge on any atom is 0.434 e. The smallest absolute Gasteiger partial charge is 0.365 e. The predicted molar refractivity (Wildman–Crippen MR) is 61.8 cm³/mol. The van der Waals surface area contributed by atoms with Crippen LogP contribution in [0, 0.1) is 11.3 Å². The molecule has 8 heteroatoms. The number of nitrogens with two attached hydrogens (primary N) is 1. The van der Waals surface area contributed by atoms with Gasteiger partial charge >= 0.3 is 6.18 Å². The Balaban J connectivity index is 2.62. The molecule has 0 spiro atoms. The van der Waals surface area contributed by atoms with E-state index >= 15 is 0 Å². The van der Waals surface area contributed by atoms with E-state index in [1.54, 1.807) is 0 Å². The number of carbonyl (C=O) groups is 1. The molecule has 1 aromatic heterocycles. The highest BCUT2D eigenvalue weighted by atomic mass is 19.4. The second kappa shape index (κ2) is 4.70. The molecule has 0 aliphatic heterocycles. The summed E-state index contributed by atoms with van der Waals surface area (Å²) >= 11 is 0. The first-order valence-corrected chi connectivity index (χ1v) is 5.30. The van der Waals surface area contributed by atoms with Gasteiger partial charge in [-0.3, -0.25) is 4.79 Å². The van der Waals surface area contributed by atoms with Crippen molar-refractivity contribution in [3.8, 4) is 11.8 Å². The largest absolute Gasteiger partial charge is 0.434 e. The van der Waals surface area contributed by atoms with E-state index in [4.69, 9.17) is 11.0 Å². The third-order valence-corrected chi connectivity index (χ3v) is 2.54. The quantitative estimate of drug-likeness (QED) is 0.911. The predicted octanol–water partition coefficient (Wildman–Crippen LogP) is 1.86. The van der Waals surface area contributed by atoms with Gasteiger partial charge in [-0.1, -0.05) is 0 Å². The average molecular weight is 280 g/mol. The first-order chi connectivity index (χ1) is 9.34. The first-order valence-electron chi connectivity index (χ1n) is 5.30. The van der Waals surface area contributed by atoms with E-state index in [1.165, 1.54) is 24.3 Å². The summed E-state index contributed by atoms with van der Waals surface area (Å²) in [6, 6.07) is 7.14. The Kier molecular flexibility index (Phi) is 3.19. The topological polar surface area (TPSA) is 84.7 Å². The number of halogens is 3. The molecule has 1 amide bonds. The van der Waals surface area contributed by atoms with Crippen molar-refractivity contribution in [1.29, 1.82) is 5.26 Å². The molecule has 0 radical (unpaired) electrons. The van der Waals surface area contributed by atoms with Gasteiger partial charge in [0.2, 0.25) is 0 Å². The molecule has 1 heterocycles. The Morgan fingerprint density at radius 1 is 1.30 bits per heavy atom. The van der Waals surface area contributed by atoms with Crippen LogP contribution in [-0.4, -0.2) is 15.7 Å². The van der Waals surface area contributed by atoms with Crippen LogP contribution in [0.5, 0.6) is 0 Å². The van der Waals surface area contributed by atoms with Crippen LogP contribution in [0.3, 0.4) is 0 Å². The second-order valence-electron chi connectivity index (χ2n) is 3.84. The molecule has 20 heavy (non-hydrogen) atoms. The summed E-state index contributed by atoms with van der Waals surface area (Å²) in [6.45, 7) is 0. The number of hydrogen-bond acceptors (Lipinski definition) is 3. The summed E-state index contributed by atoms with van der Waals surface area (Å²) in [7, 11) is 0.